The molecule has 0 spiro atoms. The Bertz CT molecular complexity index is 255. The van der Waals surface area contributed by atoms with Crippen LogP contribution < -0.4 is 0 Å². The molecule has 0 fully saturated rings. The van der Waals surface area contributed by atoms with Crippen molar-refractivity contribution >= 4 is 0 Å². The third-order valence-corrected chi connectivity index (χ3v) is 4.71. The van der Waals surface area contributed by atoms with Gasteiger partial charge in [0.1, 0.15) is 0 Å². The molecule has 0 amide bonds. The molecule has 0 saturated heterocycles. The maximum Gasteiger partial charge on any atom is 0.00886 e. The van der Waals surface area contributed by atoms with Crippen LogP contribution in [0.15, 0.2) is 0 Å². The summed E-state index contributed by atoms with van der Waals surface area (Å²) in [5, 5.41) is 0. The van der Waals surface area contributed by atoms with Gasteiger partial charge in [0.15, 0.2) is 0 Å². The van der Waals surface area contributed by atoms with Crippen LogP contribution in [0.2, 0.25) is 0 Å². The summed E-state index contributed by atoms with van der Waals surface area (Å²) >= 11 is 0. The van der Waals surface area contributed by atoms with Gasteiger partial charge in [-0.3, -0.25) is 0 Å². The lowest BCUT2D eigenvalue weighted by Crippen LogP contribution is -1.83. The van der Waals surface area contributed by atoms with Crippen LogP contribution in [0.5, 0.6) is 0 Å². The first-order valence-electron chi connectivity index (χ1n) is 10.9. The standard InChI is InChI=1S/C23H44/c1-3-5-7-9-11-13-15-17-19-21-23-22-20-18-16-14-12-10-8-6-4-2/h3-5,7,9-23H2,1-2H3. The summed E-state index contributed by atoms with van der Waals surface area (Å²) in [6, 6.07) is 0. The number of rotatable bonds is 17. The molecule has 0 unspecified atom stereocenters. The monoisotopic (exact) mass is 320 g/mol. The lowest BCUT2D eigenvalue weighted by atomic mass is 10.0. The Morgan fingerprint density at radius 3 is 1.09 bits per heavy atom. The molecule has 0 aliphatic carbocycles. The second-order valence-electron chi connectivity index (χ2n) is 7.11. The van der Waals surface area contributed by atoms with Crippen molar-refractivity contribution in [2.75, 3.05) is 0 Å². The smallest absolute Gasteiger partial charge is 0.00886 e. The molecule has 0 rings (SSSR count). The highest BCUT2D eigenvalue weighted by atomic mass is 14.0. The van der Waals surface area contributed by atoms with Crippen molar-refractivity contribution in [1.29, 1.82) is 0 Å². The molecule has 0 aromatic carbocycles. The van der Waals surface area contributed by atoms with E-state index in [0.717, 1.165) is 12.8 Å². The van der Waals surface area contributed by atoms with Crippen molar-refractivity contribution in [3.63, 3.8) is 0 Å². The molecule has 0 N–H and O–H groups in total. The molecule has 0 atom stereocenters. The Morgan fingerprint density at radius 1 is 0.391 bits per heavy atom. The fraction of sp³-hybridized carbons (Fsp3) is 0.913. The second-order valence-corrected chi connectivity index (χ2v) is 7.11. The van der Waals surface area contributed by atoms with Gasteiger partial charge in [0, 0.05) is 12.8 Å². The van der Waals surface area contributed by atoms with Gasteiger partial charge in [-0.25, -0.2) is 0 Å². The molecule has 0 aromatic heterocycles. The molecule has 0 nitrogen and oxygen atoms in total. The lowest BCUT2D eigenvalue weighted by Gasteiger charge is -2.03. The van der Waals surface area contributed by atoms with Gasteiger partial charge in [0.05, 0.1) is 0 Å². The normalized spacial score (nSPS) is 10.5. The van der Waals surface area contributed by atoms with Crippen molar-refractivity contribution in [2.45, 2.75) is 136 Å². The van der Waals surface area contributed by atoms with E-state index >= 15 is 0 Å². The topological polar surface area (TPSA) is 0 Å². The molecule has 0 heterocycles. The van der Waals surface area contributed by atoms with Gasteiger partial charge in [-0.05, 0) is 6.42 Å². The summed E-state index contributed by atoms with van der Waals surface area (Å²) in [5.74, 6) is 6.39. The molecular formula is C23H44. The van der Waals surface area contributed by atoms with E-state index in [4.69, 9.17) is 0 Å². The minimum Gasteiger partial charge on any atom is -0.104 e. The summed E-state index contributed by atoms with van der Waals surface area (Å²) in [7, 11) is 0. The fourth-order valence-electron chi connectivity index (χ4n) is 3.15. The third-order valence-electron chi connectivity index (χ3n) is 4.71. The highest BCUT2D eigenvalue weighted by molar-refractivity contribution is 4.97. The molecule has 0 bridgehead atoms. The quantitative estimate of drug-likeness (QED) is 0.186. The molecule has 0 saturated carbocycles. The average molecular weight is 321 g/mol. The van der Waals surface area contributed by atoms with Gasteiger partial charge in [-0.15, -0.1) is 11.8 Å². The second kappa shape index (κ2) is 21.6. The summed E-state index contributed by atoms with van der Waals surface area (Å²) < 4.78 is 0. The summed E-state index contributed by atoms with van der Waals surface area (Å²) in [6.07, 6.45) is 26.7. The van der Waals surface area contributed by atoms with Crippen LogP contribution in [0, 0.1) is 11.8 Å². The predicted molar refractivity (Wildman–Crippen MR) is 107 cm³/mol. The molecule has 0 aliphatic rings. The molecule has 0 aromatic rings. The van der Waals surface area contributed by atoms with Gasteiger partial charge in [-0.2, -0.15) is 0 Å². The zero-order valence-electron chi connectivity index (χ0n) is 16.4. The van der Waals surface area contributed by atoms with Crippen LogP contribution in [0.3, 0.4) is 0 Å². The van der Waals surface area contributed by atoms with Crippen LogP contribution >= 0.6 is 0 Å². The van der Waals surface area contributed by atoms with E-state index in [1.807, 2.05) is 0 Å². The lowest BCUT2D eigenvalue weighted by molar-refractivity contribution is 0.528. The van der Waals surface area contributed by atoms with Gasteiger partial charge in [-0.1, -0.05) is 117 Å². The van der Waals surface area contributed by atoms with Gasteiger partial charge in [0.25, 0.3) is 0 Å². The Balaban J connectivity index is 2.97. The van der Waals surface area contributed by atoms with E-state index in [2.05, 4.69) is 25.7 Å². The number of hydrogen-bond acceptors (Lipinski definition) is 0. The zero-order chi connectivity index (χ0) is 16.8. The highest BCUT2D eigenvalue weighted by Gasteiger charge is 1.94. The van der Waals surface area contributed by atoms with Crippen molar-refractivity contribution in [3.05, 3.63) is 0 Å². The van der Waals surface area contributed by atoms with E-state index in [-0.39, 0.29) is 0 Å². The van der Waals surface area contributed by atoms with Crippen molar-refractivity contribution in [3.8, 4) is 11.8 Å². The van der Waals surface area contributed by atoms with Gasteiger partial charge in [0.2, 0.25) is 0 Å². The van der Waals surface area contributed by atoms with Crippen LogP contribution in [0.25, 0.3) is 0 Å². The summed E-state index contributed by atoms with van der Waals surface area (Å²) in [4.78, 5) is 0. The summed E-state index contributed by atoms with van der Waals surface area (Å²) in [6.45, 7) is 4.42. The average Bonchev–Trinajstić information content (AvgIpc) is 2.57. The van der Waals surface area contributed by atoms with Crippen molar-refractivity contribution < 1.29 is 0 Å². The van der Waals surface area contributed by atoms with E-state index in [1.165, 1.54) is 109 Å². The van der Waals surface area contributed by atoms with E-state index in [9.17, 15) is 0 Å². The van der Waals surface area contributed by atoms with Crippen LogP contribution in [-0.4, -0.2) is 0 Å². The van der Waals surface area contributed by atoms with Crippen LogP contribution in [0.1, 0.15) is 136 Å². The molecule has 0 radical (unpaired) electrons. The maximum atomic E-state index is 3.24. The predicted octanol–water partition coefficient (Wildman–Crippen LogP) is 8.44. The highest BCUT2D eigenvalue weighted by Crippen LogP contribution is 2.14. The molecule has 136 valence electrons. The minimum atomic E-state index is 1.01. The largest absolute Gasteiger partial charge is 0.104 e. The van der Waals surface area contributed by atoms with Crippen LogP contribution in [0.4, 0.5) is 0 Å². The van der Waals surface area contributed by atoms with Crippen molar-refractivity contribution in [2.24, 2.45) is 0 Å². The Hall–Kier alpha value is -0.440. The number of unbranched alkanes of at least 4 members (excludes halogenated alkanes) is 17. The third kappa shape index (κ3) is 21.6. The molecular weight excluding hydrogens is 276 g/mol. The van der Waals surface area contributed by atoms with Gasteiger partial charge >= 0.3 is 0 Å². The Morgan fingerprint density at radius 2 is 0.739 bits per heavy atom. The zero-order valence-corrected chi connectivity index (χ0v) is 16.4. The first kappa shape index (κ1) is 22.6. The summed E-state index contributed by atoms with van der Waals surface area (Å²) in [5.41, 5.74) is 0. The molecule has 0 heteroatoms. The van der Waals surface area contributed by atoms with Crippen LogP contribution in [-0.2, 0) is 0 Å². The fourth-order valence-corrected chi connectivity index (χ4v) is 3.15. The molecule has 0 aliphatic heterocycles. The SMILES string of the molecule is CCC#CCCCCCCCCCCCCCCCCCCC. The van der Waals surface area contributed by atoms with E-state index in [0.29, 0.717) is 0 Å². The number of hydrogen-bond donors (Lipinski definition) is 0. The van der Waals surface area contributed by atoms with E-state index < -0.39 is 0 Å². The first-order chi connectivity index (χ1) is 11.4. The first-order valence-corrected chi connectivity index (χ1v) is 10.9. The van der Waals surface area contributed by atoms with E-state index in [1.54, 1.807) is 0 Å². The van der Waals surface area contributed by atoms with Crippen molar-refractivity contribution in [1.82, 2.24) is 0 Å². The maximum absolute atomic E-state index is 3.24. The molecule has 23 heavy (non-hydrogen) atoms. The minimum absolute atomic E-state index is 1.01. The van der Waals surface area contributed by atoms with Gasteiger partial charge < -0.3 is 0 Å². The Labute approximate surface area is 148 Å². The Kier molecular flexibility index (Phi) is 21.1.